The molecule has 0 radical (unpaired) electrons. The summed E-state index contributed by atoms with van der Waals surface area (Å²) in [5, 5.41) is 2.69. The summed E-state index contributed by atoms with van der Waals surface area (Å²) in [6, 6.07) is 6.83. The smallest absolute Gasteiger partial charge is 0.275 e. The summed E-state index contributed by atoms with van der Waals surface area (Å²) >= 11 is 0. The number of carbonyl (C=O) groups excluding carboxylic acids is 1. The van der Waals surface area contributed by atoms with Gasteiger partial charge in [-0.05, 0) is 30.7 Å². The molecule has 0 bridgehead atoms. The molecule has 2 aromatic heterocycles. The second-order valence-corrected chi connectivity index (χ2v) is 3.60. The number of anilines is 2. The molecule has 0 atom stereocenters. The number of nitrogens with zero attached hydrogens (tertiary/aromatic N) is 2. The third kappa shape index (κ3) is 2.57. The first-order chi connectivity index (χ1) is 8.16. The molecular formula is C12H12N4O. The van der Waals surface area contributed by atoms with E-state index in [1.807, 2.05) is 19.1 Å². The number of hydrogen-bond donors (Lipinski definition) is 2. The molecule has 5 nitrogen and oxygen atoms in total. The molecule has 2 heterocycles. The van der Waals surface area contributed by atoms with Gasteiger partial charge in [0.1, 0.15) is 11.5 Å². The molecule has 86 valence electrons. The third-order valence-corrected chi connectivity index (χ3v) is 2.26. The van der Waals surface area contributed by atoms with Crippen molar-refractivity contribution in [2.45, 2.75) is 6.92 Å². The number of aryl methyl sites for hydroxylation is 1. The van der Waals surface area contributed by atoms with Crippen molar-refractivity contribution >= 4 is 17.4 Å². The van der Waals surface area contributed by atoms with Crippen LogP contribution in [0.1, 0.15) is 16.1 Å². The van der Waals surface area contributed by atoms with Gasteiger partial charge in [-0.3, -0.25) is 9.78 Å². The lowest BCUT2D eigenvalue weighted by Crippen LogP contribution is -2.15. The highest BCUT2D eigenvalue weighted by molar-refractivity contribution is 6.03. The van der Waals surface area contributed by atoms with Crippen LogP contribution in [-0.2, 0) is 0 Å². The standard InChI is InChI=1S/C12H12N4O/c1-8-3-2-5-15-11(8)16-12(17)10-7-9(13)4-6-14-10/h2-7H,1H3,(H2,13,14)(H,15,16,17). The minimum Gasteiger partial charge on any atom is -0.399 e. The van der Waals surface area contributed by atoms with Gasteiger partial charge < -0.3 is 11.1 Å². The van der Waals surface area contributed by atoms with E-state index in [1.54, 1.807) is 12.3 Å². The average Bonchev–Trinajstić information content (AvgIpc) is 2.32. The molecule has 2 rings (SSSR count). The molecule has 0 saturated heterocycles. The van der Waals surface area contributed by atoms with Crippen molar-refractivity contribution in [3.63, 3.8) is 0 Å². The Hall–Kier alpha value is -2.43. The van der Waals surface area contributed by atoms with Crippen LogP contribution in [0.5, 0.6) is 0 Å². The van der Waals surface area contributed by atoms with Crippen molar-refractivity contribution in [3.8, 4) is 0 Å². The van der Waals surface area contributed by atoms with Gasteiger partial charge in [-0.2, -0.15) is 0 Å². The van der Waals surface area contributed by atoms with Crippen LogP contribution in [0.4, 0.5) is 11.5 Å². The van der Waals surface area contributed by atoms with E-state index in [-0.39, 0.29) is 11.6 Å². The van der Waals surface area contributed by atoms with E-state index in [0.717, 1.165) is 5.56 Å². The predicted octanol–water partition coefficient (Wildman–Crippen LogP) is 1.62. The SMILES string of the molecule is Cc1cccnc1NC(=O)c1cc(N)ccn1. The maximum atomic E-state index is 11.8. The van der Waals surface area contributed by atoms with Crippen molar-refractivity contribution in [2.75, 3.05) is 11.1 Å². The van der Waals surface area contributed by atoms with E-state index in [0.29, 0.717) is 11.5 Å². The van der Waals surface area contributed by atoms with Crippen LogP contribution in [0.25, 0.3) is 0 Å². The normalized spacial score (nSPS) is 9.94. The first kappa shape index (κ1) is 11.1. The van der Waals surface area contributed by atoms with Crippen LogP contribution in [0.15, 0.2) is 36.7 Å². The quantitative estimate of drug-likeness (QED) is 0.818. The number of aromatic nitrogens is 2. The molecule has 0 saturated carbocycles. The molecule has 0 aromatic carbocycles. The van der Waals surface area contributed by atoms with Gasteiger partial charge in [-0.15, -0.1) is 0 Å². The molecule has 2 aromatic rings. The van der Waals surface area contributed by atoms with Gasteiger partial charge in [0.15, 0.2) is 0 Å². The molecule has 0 aliphatic rings. The molecular weight excluding hydrogens is 216 g/mol. The van der Waals surface area contributed by atoms with Crippen LogP contribution in [0, 0.1) is 6.92 Å². The van der Waals surface area contributed by atoms with Crippen molar-refractivity contribution in [1.82, 2.24) is 9.97 Å². The Morgan fingerprint density at radius 1 is 1.29 bits per heavy atom. The Kier molecular flexibility index (Phi) is 3.00. The topological polar surface area (TPSA) is 80.9 Å². The summed E-state index contributed by atoms with van der Waals surface area (Å²) < 4.78 is 0. The lowest BCUT2D eigenvalue weighted by atomic mass is 10.2. The summed E-state index contributed by atoms with van der Waals surface area (Å²) in [4.78, 5) is 19.9. The Morgan fingerprint density at radius 2 is 2.12 bits per heavy atom. The van der Waals surface area contributed by atoms with Crippen LogP contribution in [0.3, 0.4) is 0 Å². The average molecular weight is 228 g/mol. The number of carbonyl (C=O) groups is 1. The number of hydrogen-bond acceptors (Lipinski definition) is 4. The molecule has 17 heavy (non-hydrogen) atoms. The third-order valence-electron chi connectivity index (χ3n) is 2.26. The lowest BCUT2D eigenvalue weighted by Gasteiger charge is -2.06. The van der Waals surface area contributed by atoms with E-state index < -0.39 is 0 Å². The maximum Gasteiger partial charge on any atom is 0.275 e. The van der Waals surface area contributed by atoms with Gasteiger partial charge in [0, 0.05) is 18.1 Å². The summed E-state index contributed by atoms with van der Waals surface area (Å²) in [7, 11) is 0. The Morgan fingerprint density at radius 3 is 2.82 bits per heavy atom. The van der Waals surface area contributed by atoms with Crippen molar-refractivity contribution in [3.05, 3.63) is 47.9 Å². The second-order valence-electron chi connectivity index (χ2n) is 3.60. The summed E-state index contributed by atoms with van der Waals surface area (Å²) in [5.41, 5.74) is 7.25. The van der Waals surface area contributed by atoms with Crippen LogP contribution in [0.2, 0.25) is 0 Å². The monoisotopic (exact) mass is 228 g/mol. The molecule has 3 N–H and O–H groups in total. The Bertz CT molecular complexity index is 554. The van der Waals surface area contributed by atoms with Gasteiger partial charge in [-0.25, -0.2) is 4.98 Å². The predicted molar refractivity (Wildman–Crippen MR) is 65.6 cm³/mol. The molecule has 0 aliphatic heterocycles. The number of nitrogens with one attached hydrogen (secondary N) is 1. The van der Waals surface area contributed by atoms with Gasteiger partial charge in [0.05, 0.1) is 0 Å². The van der Waals surface area contributed by atoms with E-state index in [2.05, 4.69) is 15.3 Å². The van der Waals surface area contributed by atoms with E-state index in [1.165, 1.54) is 12.3 Å². The van der Waals surface area contributed by atoms with Gasteiger partial charge in [0.2, 0.25) is 0 Å². The number of nitrogens with two attached hydrogens (primary N) is 1. The van der Waals surface area contributed by atoms with Crippen molar-refractivity contribution in [1.29, 1.82) is 0 Å². The fourth-order valence-corrected chi connectivity index (χ4v) is 1.36. The van der Waals surface area contributed by atoms with Crippen molar-refractivity contribution < 1.29 is 4.79 Å². The molecule has 5 heteroatoms. The summed E-state index contributed by atoms with van der Waals surface area (Å²) in [6.07, 6.45) is 3.12. The first-order valence-electron chi connectivity index (χ1n) is 5.11. The minimum atomic E-state index is -0.320. The largest absolute Gasteiger partial charge is 0.399 e. The number of nitrogen functional groups attached to an aromatic ring is 1. The Balaban J connectivity index is 2.20. The van der Waals surface area contributed by atoms with Crippen molar-refractivity contribution in [2.24, 2.45) is 0 Å². The zero-order valence-electron chi connectivity index (χ0n) is 9.34. The maximum absolute atomic E-state index is 11.8. The van der Waals surface area contributed by atoms with Crippen LogP contribution in [-0.4, -0.2) is 15.9 Å². The highest BCUT2D eigenvalue weighted by Crippen LogP contribution is 2.11. The number of amides is 1. The molecule has 1 amide bonds. The zero-order valence-corrected chi connectivity index (χ0v) is 9.34. The summed E-state index contributed by atoms with van der Waals surface area (Å²) in [5.74, 6) is 0.209. The second kappa shape index (κ2) is 4.61. The number of rotatable bonds is 2. The van der Waals surface area contributed by atoms with Gasteiger partial charge in [-0.1, -0.05) is 6.07 Å². The zero-order chi connectivity index (χ0) is 12.3. The molecule has 0 aliphatic carbocycles. The van der Waals surface area contributed by atoms with Gasteiger partial charge in [0.25, 0.3) is 5.91 Å². The minimum absolute atomic E-state index is 0.273. The van der Waals surface area contributed by atoms with Crippen LogP contribution < -0.4 is 11.1 Å². The fraction of sp³-hybridized carbons (Fsp3) is 0.0833. The summed E-state index contributed by atoms with van der Waals surface area (Å²) in [6.45, 7) is 1.87. The first-order valence-corrected chi connectivity index (χ1v) is 5.11. The molecule has 0 fully saturated rings. The highest BCUT2D eigenvalue weighted by atomic mass is 16.1. The van der Waals surface area contributed by atoms with Crippen LogP contribution >= 0.6 is 0 Å². The number of pyridine rings is 2. The van der Waals surface area contributed by atoms with E-state index >= 15 is 0 Å². The highest BCUT2D eigenvalue weighted by Gasteiger charge is 2.09. The molecule has 0 spiro atoms. The Labute approximate surface area is 98.7 Å². The fourth-order valence-electron chi connectivity index (χ4n) is 1.36. The van der Waals surface area contributed by atoms with Gasteiger partial charge >= 0.3 is 0 Å². The van der Waals surface area contributed by atoms with E-state index in [9.17, 15) is 4.79 Å². The molecule has 0 unspecified atom stereocenters. The lowest BCUT2D eigenvalue weighted by molar-refractivity contribution is 0.102. The van der Waals surface area contributed by atoms with E-state index in [4.69, 9.17) is 5.73 Å².